The second-order valence-corrected chi connectivity index (χ2v) is 6.47. The van der Waals surface area contributed by atoms with Crippen molar-refractivity contribution in [1.29, 1.82) is 0 Å². The predicted molar refractivity (Wildman–Crippen MR) is 84.3 cm³/mol. The summed E-state index contributed by atoms with van der Waals surface area (Å²) in [7, 11) is 0. The van der Waals surface area contributed by atoms with Crippen molar-refractivity contribution >= 4 is 12.1 Å². The molecule has 0 rings (SSSR count). The van der Waals surface area contributed by atoms with Gasteiger partial charge in [-0.15, -0.1) is 0 Å². The Bertz CT molecular complexity index is 451. The molecular formula is C16H28O8. The lowest BCUT2D eigenvalue weighted by atomic mass is 10.1. The van der Waals surface area contributed by atoms with Crippen LogP contribution >= 0.6 is 0 Å². The summed E-state index contributed by atoms with van der Waals surface area (Å²) in [5.74, 6) is -2.14. The van der Waals surface area contributed by atoms with Crippen LogP contribution in [0.25, 0.3) is 0 Å². The lowest BCUT2D eigenvalue weighted by Crippen LogP contribution is -2.34. The minimum absolute atomic E-state index is 0.0346. The number of carbonyl (C=O) groups excluding carboxylic acids is 2. The van der Waals surface area contributed by atoms with Crippen molar-refractivity contribution in [2.75, 3.05) is 0 Å². The highest BCUT2D eigenvalue weighted by Crippen LogP contribution is 2.16. The Balaban J connectivity index is 4.30. The van der Waals surface area contributed by atoms with Crippen molar-refractivity contribution in [2.45, 2.75) is 79.3 Å². The molecule has 8 heteroatoms. The molecule has 0 atom stereocenters. The summed E-state index contributed by atoms with van der Waals surface area (Å²) in [4.78, 5) is 41.7. The van der Waals surface area contributed by atoms with Crippen molar-refractivity contribution in [3.8, 4) is 0 Å². The molecule has 0 aliphatic rings. The van der Waals surface area contributed by atoms with Gasteiger partial charge in [0.1, 0.15) is 11.9 Å². The first kappa shape index (κ1) is 22.2. The van der Waals surface area contributed by atoms with E-state index in [2.05, 4.69) is 9.78 Å². The maximum Gasteiger partial charge on any atom is 0.552 e. The maximum absolute atomic E-state index is 11.6. The zero-order valence-electron chi connectivity index (χ0n) is 15.6. The molecule has 0 saturated heterocycles. The van der Waals surface area contributed by atoms with Crippen LogP contribution in [0.4, 0.5) is 4.79 Å². The normalized spacial score (nSPS) is 12.8. The van der Waals surface area contributed by atoms with Crippen LogP contribution in [0, 0.1) is 0 Å². The lowest BCUT2D eigenvalue weighted by Gasteiger charge is -2.26. The maximum atomic E-state index is 11.6. The Kier molecular flexibility index (Phi) is 8.77. The first-order chi connectivity index (χ1) is 10.9. The fourth-order valence-corrected chi connectivity index (χ4v) is 1.28. The van der Waals surface area contributed by atoms with E-state index in [4.69, 9.17) is 19.2 Å². The van der Waals surface area contributed by atoms with Gasteiger partial charge in [0.05, 0.1) is 11.7 Å². The fraction of sp³-hybridized carbons (Fsp3) is 0.750. The Morgan fingerprint density at radius 1 is 1.08 bits per heavy atom. The third-order valence-electron chi connectivity index (χ3n) is 2.71. The highest BCUT2D eigenvalue weighted by molar-refractivity contribution is 5.87. The summed E-state index contributed by atoms with van der Waals surface area (Å²) in [6.07, 6.45) is 0.407. The number of carbonyl (C=O) groups is 2. The molecule has 8 nitrogen and oxygen atoms in total. The average Bonchev–Trinajstić information content (AvgIpc) is 2.42. The van der Waals surface area contributed by atoms with E-state index in [1.54, 1.807) is 13.8 Å². The van der Waals surface area contributed by atoms with E-state index in [9.17, 15) is 9.59 Å². The number of hydrogen-bond donors (Lipinski definition) is 0. The lowest BCUT2D eigenvalue weighted by molar-refractivity contribution is -0.317. The van der Waals surface area contributed by atoms with Gasteiger partial charge in [0.15, 0.2) is 0 Å². The standard InChI is InChI=1S/C16H28O8/c1-9-15(5,6)24-19-10-12(4)13(17)22-23-14(18)21-16(7,8)20-11(2)3/h10-11H,9H2,1-8H3. The SMILES string of the molecule is CCC(C)(C)OOC=C(C)C(=O)OOC(=O)OC(C)(C)OC(C)C. The van der Waals surface area contributed by atoms with E-state index in [1.165, 1.54) is 20.8 Å². The predicted octanol–water partition coefficient (Wildman–Crippen LogP) is 3.80. The van der Waals surface area contributed by atoms with Crippen LogP contribution in [0.1, 0.15) is 61.8 Å². The van der Waals surface area contributed by atoms with Gasteiger partial charge in [0.2, 0.25) is 5.79 Å². The van der Waals surface area contributed by atoms with Crippen LogP contribution in [-0.2, 0) is 33.8 Å². The van der Waals surface area contributed by atoms with Gasteiger partial charge in [-0.1, -0.05) is 6.92 Å². The zero-order valence-corrected chi connectivity index (χ0v) is 15.6. The highest BCUT2D eigenvalue weighted by atomic mass is 17.2. The molecule has 24 heavy (non-hydrogen) atoms. The smallest absolute Gasteiger partial charge is 0.400 e. The second-order valence-electron chi connectivity index (χ2n) is 6.47. The van der Waals surface area contributed by atoms with Crippen LogP contribution in [0.5, 0.6) is 0 Å². The molecule has 0 fully saturated rings. The number of hydrogen-bond acceptors (Lipinski definition) is 8. The monoisotopic (exact) mass is 348 g/mol. The molecule has 0 unspecified atom stereocenters. The van der Waals surface area contributed by atoms with Gasteiger partial charge >= 0.3 is 12.1 Å². The van der Waals surface area contributed by atoms with Crippen molar-refractivity contribution in [1.82, 2.24) is 0 Å². The van der Waals surface area contributed by atoms with Crippen molar-refractivity contribution < 1.29 is 38.6 Å². The molecule has 0 aromatic heterocycles. The Morgan fingerprint density at radius 3 is 2.17 bits per heavy atom. The average molecular weight is 348 g/mol. The topological polar surface area (TPSA) is 89.5 Å². The van der Waals surface area contributed by atoms with E-state index in [-0.39, 0.29) is 11.7 Å². The summed E-state index contributed by atoms with van der Waals surface area (Å²) in [5, 5.41) is 0. The zero-order chi connectivity index (χ0) is 19.0. The second kappa shape index (κ2) is 9.48. The molecule has 0 aromatic rings. The molecule has 0 bridgehead atoms. The largest absolute Gasteiger partial charge is 0.552 e. The Morgan fingerprint density at radius 2 is 1.67 bits per heavy atom. The molecule has 0 spiro atoms. The van der Waals surface area contributed by atoms with Gasteiger partial charge < -0.3 is 14.4 Å². The molecule has 0 radical (unpaired) electrons. The number of ether oxygens (including phenoxy) is 2. The molecule has 0 amide bonds. The number of rotatable bonds is 8. The Hall–Kier alpha value is -1.80. The fourth-order valence-electron chi connectivity index (χ4n) is 1.28. The van der Waals surface area contributed by atoms with Gasteiger partial charge in [-0.05, 0) is 41.0 Å². The van der Waals surface area contributed by atoms with Crippen LogP contribution in [0.3, 0.4) is 0 Å². The quantitative estimate of drug-likeness (QED) is 0.163. The van der Waals surface area contributed by atoms with Gasteiger partial charge in [-0.25, -0.2) is 14.6 Å². The molecule has 0 N–H and O–H groups in total. The van der Waals surface area contributed by atoms with Crippen molar-refractivity contribution in [3.63, 3.8) is 0 Å². The molecule has 0 aliphatic carbocycles. The van der Waals surface area contributed by atoms with Gasteiger partial charge in [0, 0.05) is 13.8 Å². The van der Waals surface area contributed by atoms with Crippen LogP contribution in [0.15, 0.2) is 11.8 Å². The van der Waals surface area contributed by atoms with Crippen LogP contribution in [0.2, 0.25) is 0 Å². The van der Waals surface area contributed by atoms with Gasteiger partial charge in [-0.3, -0.25) is 0 Å². The molecule has 0 aliphatic heterocycles. The minimum Gasteiger partial charge on any atom is -0.400 e. The highest BCUT2D eigenvalue weighted by Gasteiger charge is 2.27. The van der Waals surface area contributed by atoms with Crippen molar-refractivity contribution in [3.05, 3.63) is 11.8 Å². The molecule has 140 valence electrons. The molecule has 0 saturated carbocycles. The molecule has 0 heterocycles. The van der Waals surface area contributed by atoms with Crippen LogP contribution < -0.4 is 0 Å². The molecule has 0 aromatic carbocycles. The van der Waals surface area contributed by atoms with E-state index in [0.717, 1.165) is 6.26 Å². The summed E-state index contributed by atoms with van der Waals surface area (Å²) in [5.41, 5.74) is -0.462. The summed E-state index contributed by atoms with van der Waals surface area (Å²) in [6, 6.07) is 0. The van der Waals surface area contributed by atoms with E-state index in [1.807, 2.05) is 20.8 Å². The van der Waals surface area contributed by atoms with E-state index in [0.29, 0.717) is 6.42 Å². The first-order valence-electron chi connectivity index (χ1n) is 7.69. The van der Waals surface area contributed by atoms with Gasteiger partial charge in [-0.2, -0.15) is 9.68 Å². The Labute approximate surface area is 142 Å². The third kappa shape index (κ3) is 10.1. The summed E-state index contributed by atoms with van der Waals surface area (Å²) < 4.78 is 10.2. The first-order valence-corrected chi connectivity index (χ1v) is 7.69. The summed E-state index contributed by atoms with van der Waals surface area (Å²) in [6.45, 7) is 13.6. The third-order valence-corrected chi connectivity index (χ3v) is 2.71. The molecular weight excluding hydrogens is 320 g/mol. The summed E-state index contributed by atoms with van der Waals surface area (Å²) >= 11 is 0. The van der Waals surface area contributed by atoms with Gasteiger partial charge in [0.25, 0.3) is 0 Å². The van der Waals surface area contributed by atoms with Crippen LogP contribution in [-0.4, -0.2) is 29.6 Å². The minimum atomic E-state index is -1.22. The van der Waals surface area contributed by atoms with E-state index < -0.39 is 23.5 Å². The van der Waals surface area contributed by atoms with E-state index >= 15 is 0 Å². The van der Waals surface area contributed by atoms with Crippen molar-refractivity contribution in [2.24, 2.45) is 0 Å².